The molecule has 2 unspecified atom stereocenters. The molecule has 3 heteroatoms. The van der Waals surface area contributed by atoms with Crippen LogP contribution in [0, 0.1) is 0 Å². The molecule has 7 heavy (non-hydrogen) atoms. The zero-order chi connectivity index (χ0) is 5.86. The van der Waals surface area contributed by atoms with Gasteiger partial charge in [-0.15, -0.1) is 0 Å². The molecule has 0 amide bonds. The van der Waals surface area contributed by atoms with E-state index in [2.05, 4.69) is 4.74 Å². The predicted octanol–water partition coefficient (Wildman–Crippen LogP) is -0.702. The van der Waals surface area contributed by atoms with Gasteiger partial charge < -0.3 is 15.6 Å². The Hall–Kier alpha value is -0.120. The highest BCUT2D eigenvalue weighted by molar-refractivity contribution is 4.52. The van der Waals surface area contributed by atoms with Crippen molar-refractivity contribution in [1.29, 1.82) is 0 Å². The minimum absolute atomic E-state index is 0.301. The molecule has 3 nitrogen and oxygen atoms in total. The number of ether oxygens (including phenoxy) is 1. The van der Waals surface area contributed by atoms with Gasteiger partial charge in [-0.1, -0.05) is 0 Å². The molecule has 2 atom stereocenters. The predicted molar refractivity (Wildman–Crippen MR) is 26.7 cm³/mol. The first-order valence-corrected chi connectivity index (χ1v) is 2.15. The first-order valence-electron chi connectivity index (χ1n) is 2.15. The van der Waals surface area contributed by atoms with Crippen molar-refractivity contribution < 1.29 is 9.84 Å². The third kappa shape index (κ3) is 2.56. The lowest BCUT2D eigenvalue weighted by atomic mass is 10.4. The molecule has 0 rings (SSSR count). The van der Waals surface area contributed by atoms with Gasteiger partial charge in [0.1, 0.15) is 0 Å². The second kappa shape index (κ2) is 2.96. The van der Waals surface area contributed by atoms with Crippen molar-refractivity contribution in [2.75, 3.05) is 7.11 Å². The van der Waals surface area contributed by atoms with Crippen LogP contribution in [-0.2, 0) is 4.74 Å². The lowest BCUT2D eigenvalue weighted by molar-refractivity contribution is -0.0856. The van der Waals surface area contributed by atoms with Crippen molar-refractivity contribution in [3.05, 3.63) is 0 Å². The number of aliphatic hydroxyl groups excluding tert-OH is 1. The van der Waals surface area contributed by atoms with Gasteiger partial charge in [-0.05, 0) is 6.92 Å². The fourth-order valence-electron chi connectivity index (χ4n) is 0.215. The first-order chi connectivity index (χ1) is 3.18. The Labute approximate surface area is 43.1 Å². The molecule has 0 spiro atoms. The van der Waals surface area contributed by atoms with E-state index < -0.39 is 6.29 Å². The van der Waals surface area contributed by atoms with E-state index in [1.54, 1.807) is 6.92 Å². The molecule has 0 aromatic heterocycles. The standard InChI is InChI=1S/C4H11NO2/c1-3(5)4(6)7-2/h3-4,6H,5H2,1-2H3. The molecule has 0 aromatic carbocycles. The molecule has 0 saturated carbocycles. The van der Waals surface area contributed by atoms with Crippen LogP contribution >= 0.6 is 0 Å². The molecule has 0 aliphatic carbocycles. The number of nitrogens with two attached hydrogens (primary N) is 1. The SMILES string of the molecule is COC(O)C(C)N. The summed E-state index contributed by atoms with van der Waals surface area (Å²) >= 11 is 0. The quantitative estimate of drug-likeness (QED) is 0.456. The molecular formula is C4H11NO2. The van der Waals surface area contributed by atoms with Gasteiger partial charge in [0.05, 0.1) is 6.04 Å². The van der Waals surface area contributed by atoms with Crippen molar-refractivity contribution in [2.24, 2.45) is 5.73 Å². The summed E-state index contributed by atoms with van der Waals surface area (Å²) in [7, 11) is 1.41. The van der Waals surface area contributed by atoms with Crippen LogP contribution in [0.3, 0.4) is 0 Å². The van der Waals surface area contributed by atoms with Crippen LogP contribution in [0.5, 0.6) is 0 Å². The number of rotatable bonds is 2. The van der Waals surface area contributed by atoms with Crippen molar-refractivity contribution in [2.45, 2.75) is 19.3 Å². The fraction of sp³-hybridized carbons (Fsp3) is 1.00. The molecule has 44 valence electrons. The van der Waals surface area contributed by atoms with Crippen LogP contribution in [0.1, 0.15) is 6.92 Å². The average molecular weight is 105 g/mol. The Morgan fingerprint density at radius 2 is 2.14 bits per heavy atom. The number of aliphatic hydroxyl groups is 1. The monoisotopic (exact) mass is 105 g/mol. The van der Waals surface area contributed by atoms with Gasteiger partial charge >= 0.3 is 0 Å². The molecule has 0 fully saturated rings. The summed E-state index contributed by atoms with van der Waals surface area (Å²) in [6.07, 6.45) is -0.819. The van der Waals surface area contributed by atoms with E-state index in [0.29, 0.717) is 0 Å². The molecule has 0 aromatic rings. The van der Waals surface area contributed by atoms with E-state index in [0.717, 1.165) is 0 Å². The zero-order valence-electron chi connectivity index (χ0n) is 4.59. The molecule has 0 aliphatic heterocycles. The summed E-state index contributed by atoms with van der Waals surface area (Å²) in [5.74, 6) is 0. The zero-order valence-corrected chi connectivity index (χ0v) is 4.59. The van der Waals surface area contributed by atoms with E-state index in [1.807, 2.05) is 0 Å². The summed E-state index contributed by atoms with van der Waals surface area (Å²) in [6.45, 7) is 1.67. The van der Waals surface area contributed by atoms with Gasteiger partial charge in [0.15, 0.2) is 6.29 Å². The summed E-state index contributed by atoms with van der Waals surface area (Å²) in [5.41, 5.74) is 5.17. The molecule has 0 heterocycles. The van der Waals surface area contributed by atoms with E-state index in [9.17, 15) is 0 Å². The second-order valence-corrected chi connectivity index (χ2v) is 1.49. The smallest absolute Gasteiger partial charge is 0.169 e. The Morgan fingerprint density at radius 1 is 1.71 bits per heavy atom. The normalized spacial score (nSPS) is 18.9. The number of methoxy groups -OCH3 is 1. The van der Waals surface area contributed by atoms with E-state index in [4.69, 9.17) is 10.8 Å². The highest BCUT2D eigenvalue weighted by Gasteiger charge is 2.04. The van der Waals surface area contributed by atoms with Gasteiger partial charge in [0.2, 0.25) is 0 Å². The van der Waals surface area contributed by atoms with Crippen molar-refractivity contribution >= 4 is 0 Å². The lowest BCUT2D eigenvalue weighted by Crippen LogP contribution is -2.32. The molecule has 0 bridgehead atoms. The Kier molecular flexibility index (Phi) is 2.91. The van der Waals surface area contributed by atoms with Gasteiger partial charge in [-0.2, -0.15) is 0 Å². The lowest BCUT2D eigenvalue weighted by Gasteiger charge is -2.10. The maximum Gasteiger partial charge on any atom is 0.169 e. The van der Waals surface area contributed by atoms with Crippen LogP contribution in [-0.4, -0.2) is 24.5 Å². The Bertz CT molecular complexity index is 47.0. The molecule has 0 radical (unpaired) electrons. The third-order valence-electron chi connectivity index (χ3n) is 0.691. The summed E-state index contributed by atoms with van der Waals surface area (Å²) in [4.78, 5) is 0. The highest BCUT2D eigenvalue weighted by Crippen LogP contribution is 1.85. The van der Waals surface area contributed by atoms with Crippen molar-refractivity contribution in [3.8, 4) is 0 Å². The summed E-state index contributed by atoms with van der Waals surface area (Å²) in [6, 6.07) is -0.301. The number of hydrogen-bond donors (Lipinski definition) is 2. The van der Waals surface area contributed by atoms with Crippen LogP contribution in [0.25, 0.3) is 0 Å². The van der Waals surface area contributed by atoms with Gasteiger partial charge in [-0.3, -0.25) is 0 Å². The minimum atomic E-state index is -0.819. The summed E-state index contributed by atoms with van der Waals surface area (Å²) < 4.78 is 4.44. The Balaban J connectivity index is 3.14. The highest BCUT2D eigenvalue weighted by atomic mass is 16.6. The van der Waals surface area contributed by atoms with Crippen molar-refractivity contribution in [3.63, 3.8) is 0 Å². The topological polar surface area (TPSA) is 55.5 Å². The third-order valence-corrected chi connectivity index (χ3v) is 0.691. The maximum absolute atomic E-state index is 8.59. The largest absolute Gasteiger partial charge is 0.367 e. The van der Waals surface area contributed by atoms with Crippen LogP contribution in [0.15, 0.2) is 0 Å². The van der Waals surface area contributed by atoms with Gasteiger partial charge in [0, 0.05) is 7.11 Å². The van der Waals surface area contributed by atoms with Crippen molar-refractivity contribution in [1.82, 2.24) is 0 Å². The molecular weight excluding hydrogens is 94.0 g/mol. The first kappa shape index (κ1) is 6.88. The second-order valence-electron chi connectivity index (χ2n) is 1.49. The van der Waals surface area contributed by atoms with E-state index in [1.165, 1.54) is 7.11 Å². The van der Waals surface area contributed by atoms with E-state index >= 15 is 0 Å². The summed E-state index contributed by atoms with van der Waals surface area (Å²) in [5, 5.41) is 8.59. The number of hydrogen-bond acceptors (Lipinski definition) is 3. The van der Waals surface area contributed by atoms with Crippen LogP contribution < -0.4 is 5.73 Å². The van der Waals surface area contributed by atoms with E-state index in [-0.39, 0.29) is 6.04 Å². The minimum Gasteiger partial charge on any atom is -0.367 e. The molecule has 3 N–H and O–H groups in total. The van der Waals surface area contributed by atoms with Crippen LogP contribution in [0.4, 0.5) is 0 Å². The molecule has 0 saturated heterocycles. The van der Waals surface area contributed by atoms with Gasteiger partial charge in [0.25, 0.3) is 0 Å². The van der Waals surface area contributed by atoms with Gasteiger partial charge in [-0.25, -0.2) is 0 Å². The Morgan fingerprint density at radius 3 is 2.14 bits per heavy atom. The van der Waals surface area contributed by atoms with Crippen LogP contribution in [0.2, 0.25) is 0 Å². The average Bonchev–Trinajstić information content (AvgIpc) is 1.65. The fourth-order valence-corrected chi connectivity index (χ4v) is 0.215. The molecule has 0 aliphatic rings. The maximum atomic E-state index is 8.59.